The summed E-state index contributed by atoms with van der Waals surface area (Å²) in [6.45, 7) is 3.01. The first-order valence-electron chi connectivity index (χ1n) is 13.6. The lowest BCUT2D eigenvalue weighted by Crippen LogP contribution is -2.33. The van der Waals surface area contributed by atoms with E-state index in [9.17, 15) is 9.18 Å². The van der Waals surface area contributed by atoms with Gasteiger partial charge in [0.2, 0.25) is 0 Å². The number of benzene rings is 3. The van der Waals surface area contributed by atoms with Crippen LogP contribution in [0.15, 0.2) is 66.7 Å². The lowest BCUT2D eigenvalue weighted by molar-refractivity contribution is -0.143. The fraction of sp³-hybridized carbons (Fsp3) is 0.323. The van der Waals surface area contributed by atoms with E-state index in [-0.39, 0.29) is 11.9 Å². The van der Waals surface area contributed by atoms with E-state index < -0.39 is 12.2 Å². The van der Waals surface area contributed by atoms with Gasteiger partial charge in [-0.1, -0.05) is 24.3 Å². The monoisotopic (exact) mass is 545 g/mol. The molecule has 1 aliphatic heterocycles. The van der Waals surface area contributed by atoms with Crippen LogP contribution in [0.5, 0.6) is 5.75 Å². The van der Waals surface area contributed by atoms with Crippen molar-refractivity contribution in [1.29, 1.82) is 0 Å². The molecular weight excluding hydrogens is 513 g/mol. The molecule has 0 unspecified atom stereocenters. The van der Waals surface area contributed by atoms with Crippen molar-refractivity contribution in [3.8, 4) is 17.0 Å². The number of carbonyl (C=O) groups is 1. The number of halogens is 1. The number of amides is 1. The highest BCUT2D eigenvalue weighted by Crippen LogP contribution is 2.45. The Morgan fingerprint density at radius 3 is 2.45 bits per heavy atom. The molecule has 3 N–H and O–H groups in total. The van der Waals surface area contributed by atoms with Crippen molar-refractivity contribution in [2.45, 2.75) is 44.4 Å². The summed E-state index contributed by atoms with van der Waals surface area (Å²) in [5.74, 6) is 0.388. The first-order chi connectivity index (χ1) is 19.5. The highest BCUT2D eigenvalue weighted by molar-refractivity contribution is 6.02. The van der Waals surface area contributed by atoms with E-state index in [0.717, 1.165) is 40.8 Å². The molecule has 1 amide bonds. The molecule has 1 saturated heterocycles. The van der Waals surface area contributed by atoms with Crippen LogP contribution in [-0.2, 0) is 14.2 Å². The molecule has 40 heavy (non-hydrogen) atoms. The Bertz CT molecular complexity index is 1490. The van der Waals surface area contributed by atoms with Crippen molar-refractivity contribution >= 4 is 28.4 Å². The van der Waals surface area contributed by atoms with Gasteiger partial charge in [0.05, 0.1) is 30.1 Å². The molecule has 4 aromatic rings. The Kier molecular flexibility index (Phi) is 7.32. The molecule has 0 spiro atoms. The molecule has 0 radical (unpaired) electrons. The maximum atomic E-state index is 13.2. The largest absolute Gasteiger partial charge is 0.486 e. The molecule has 1 saturated carbocycles. The number of hydrogen-bond acceptors (Lipinski definition) is 6. The van der Waals surface area contributed by atoms with Gasteiger partial charge in [-0.3, -0.25) is 5.32 Å². The highest BCUT2D eigenvalue weighted by atomic mass is 19.1. The number of ether oxygens (including phenoxy) is 4. The van der Waals surface area contributed by atoms with Crippen LogP contribution < -0.4 is 15.8 Å². The second-order valence-corrected chi connectivity index (χ2v) is 10.3. The predicted octanol–water partition coefficient (Wildman–Crippen LogP) is 6.82. The van der Waals surface area contributed by atoms with Crippen LogP contribution in [0.3, 0.4) is 0 Å². The summed E-state index contributed by atoms with van der Waals surface area (Å²) < 4.78 is 37.8. The van der Waals surface area contributed by atoms with Crippen LogP contribution in [0.4, 0.5) is 20.6 Å². The summed E-state index contributed by atoms with van der Waals surface area (Å²) in [4.78, 5) is 12.5. The molecule has 2 fully saturated rings. The maximum Gasteiger partial charge on any atom is 0.412 e. The average Bonchev–Trinajstić information content (AvgIpc) is 3.20. The van der Waals surface area contributed by atoms with Gasteiger partial charge in [-0.05, 0) is 74.2 Å². The summed E-state index contributed by atoms with van der Waals surface area (Å²) in [7, 11) is 0. The Balaban J connectivity index is 1.22. The van der Waals surface area contributed by atoms with Gasteiger partial charge in [0.25, 0.3) is 0 Å². The van der Waals surface area contributed by atoms with E-state index in [0.29, 0.717) is 43.0 Å². The van der Waals surface area contributed by atoms with Crippen molar-refractivity contribution in [1.82, 2.24) is 4.57 Å². The van der Waals surface area contributed by atoms with Gasteiger partial charge in [-0.15, -0.1) is 0 Å². The summed E-state index contributed by atoms with van der Waals surface area (Å²) in [6, 6.07) is 19.9. The van der Waals surface area contributed by atoms with Crippen LogP contribution >= 0.6 is 0 Å². The third-order valence-electron chi connectivity index (χ3n) is 7.56. The Morgan fingerprint density at radius 2 is 1.77 bits per heavy atom. The van der Waals surface area contributed by atoms with Gasteiger partial charge in [0, 0.05) is 22.7 Å². The molecule has 1 atom stereocenters. The third-order valence-corrected chi connectivity index (χ3v) is 7.56. The van der Waals surface area contributed by atoms with Crippen molar-refractivity contribution < 1.29 is 28.1 Å². The fourth-order valence-electron chi connectivity index (χ4n) is 5.26. The zero-order valence-electron chi connectivity index (χ0n) is 22.3. The minimum Gasteiger partial charge on any atom is -0.486 e. The van der Waals surface area contributed by atoms with Crippen molar-refractivity contribution in [3.63, 3.8) is 0 Å². The lowest BCUT2D eigenvalue weighted by atomic mass is 9.92. The third kappa shape index (κ3) is 5.35. The summed E-state index contributed by atoms with van der Waals surface area (Å²) in [5, 5.41) is 3.71. The van der Waals surface area contributed by atoms with Crippen molar-refractivity contribution in [2.24, 2.45) is 0 Å². The predicted molar refractivity (Wildman–Crippen MR) is 151 cm³/mol. The van der Waals surface area contributed by atoms with Gasteiger partial charge in [-0.2, -0.15) is 0 Å². The van der Waals surface area contributed by atoms with E-state index in [2.05, 4.69) is 16.0 Å². The second kappa shape index (κ2) is 11.2. The molecule has 208 valence electrons. The topological polar surface area (TPSA) is 97.0 Å². The quantitative estimate of drug-likeness (QED) is 0.265. The van der Waals surface area contributed by atoms with Crippen molar-refractivity contribution in [2.75, 3.05) is 31.1 Å². The molecule has 8 nitrogen and oxygen atoms in total. The summed E-state index contributed by atoms with van der Waals surface area (Å²) >= 11 is 0. The molecule has 1 aliphatic carbocycles. The highest BCUT2D eigenvalue weighted by Gasteiger charge is 2.27. The van der Waals surface area contributed by atoms with Crippen LogP contribution in [-0.4, -0.2) is 36.8 Å². The first kappa shape index (κ1) is 26.2. The van der Waals surface area contributed by atoms with E-state index in [1.54, 1.807) is 19.1 Å². The molecule has 2 heterocycles. The maximum absolute atomic E-state index is 13.2. The van der Waals surface area contributed by atoms with Gasteiger partial charge in [0.1, 0.15) is 30.6 Å². The number of aromatic nitrogens is 1. The number of carbonyl (C=O) groups excluding carboxylic acids is 1. The number of nitrogen functional groups attached to an aromatic ring is 1. The number of nitrogens with one attached hydrogen (secondary N) is 1. The minimum absolute atomic E-state index is 0.161. The van der Waals surface area contributed by atoms with Crippen LogP contribution in [0.25, 0.3) is 22.2 Å². The zero-order valence-corrected chi connectivity index (χ0v) is 22.3. The van der Waals surface area contributed by atoms with Crippen molar-refractivity contribution in [3.05, 3.63) is 78.1 Å². The first-order valence-corrected chi connectivity index (χ1v) is 13.6. The number of fused-ring (bicyclic) bond motifs is 1. The fourth-order valence-corrected chi connectivity index (χ4v) is 5.26. The normalized spacial score (nSPS) is 16.9. The van der Waals surface area contributed by atoms with E-state index >= 15 is 0 Å². The number of rotatable bonds is 7. The zero-order chi connectivity index (χ0) is 27.6. The average molecular weight is 546 g/mol. The molecule has 6 rings (SSSR count). The van der Waals surface area contributed by atoms with Gasteiger partial charge >= 0.3 is 6.09 Å². The smallest absolute Gasteiger partial charge is 0.412 e. The van der Waals surface area contributed by atoms with E-state index in [4.69, 9.17) is 24.7 Å². The van der Waals surface area contributed by atoms with E-state index in [1.165, 1.54) is 18.6 Å². The molecule has 2 aliphatic rings. The molecular formula is C31H32FN3O5. The lowest BCUT2D eigenvalue weighted by Gasteiger charge is -2.30. The summed E-state index contributed by atoms with van der Waals surface area (Å²) in [6.07, 6.45) is 2.12. The van der Waals surface area contributed by atoms with Crippen LogP contribution in [0.1, 0.15) is 43.9 Å². The second-order valence-electron chi connectivity index (χ2n) is 10.3. The standard InChI is InChI=1S/C31H32FN3O5/c1-19(20-5-9-22(32)10-6-20)39-31(36)34-23-11-7-21(8-12-23)30-29(33)27-15-25(40-26-16-37-18-38-17-26)13-14-28(27)35(30)24-3-2-4-24/h5-15,19,24,26H,2-4,16-18,33H2,1H3,(H,34,36)/t19-/m1/s1. The van der Waals surface area contributed by atoms with Crippen LogP contribution in [0.2, 0.25) is 0 Å². The minimum atomic E-state index is -0.589. The number of hydrogen-bond donors (Lipinski definition) is 2. The Labute approximate surface area is 231 Å². The van der Waals surface area contributed by atoms with Crippen LogP contribution in [0, 0.1) is 5.82 Å². The molecule has 0 bridgehead atoms. The van der Waals surface area contributed by atoms with Gasteiger partial charge < -0.3 is 29.2 Å². The summed E-state index contributed by atoms with van der Waals surface area (Å²) in [5.41, 5.74) is 11.8. The van der Waals surface area contributed by atoms with Gasteiger partial charge in [0.15, 0.2) is 0 Å². The Hall–Kier alpha value is -4.08. The molecule has 3 aromatic carbocycles. The van der Waals surface area contributed by atoms with Gasteiger partial charge in [-0.25, -0.2) is 9.18 Å². The SMILES string of the molecule is C[C@@H](OC(=O)Nc1ccc(-c2c(N)c3cc(OC4COCOC4)ccc3n2C2CCC2)cc1)c1ccc(F)cc1. The molecule has 1 aromatic heterocycles. The molecule has 9 heteroatoms. The number of nitrogens with zero attached hydrogens (tertiary/aromatic N) is 1. The van der Waals surface area contributed by atoms with E-state index in [1.807, 2.05) is 36.4 Å². The number of nitrogens with two attached hydrogens (primary N) is 1. The Morgan fingerprint density at radius 1 is 1.05 bits per heavy atom. The number of anilines is 2.